The fourth-order valence-corrected chi connectivity index (χ4v) is 5.30. The zero-order valence-electron chi connectivity index (χ0n) is 15.5. The zero-order chi connectivity index (χ0) is 20.5. The molecule has 0 radical (unpaired) electrons. The van der Waals surface area contributed by atoms with Crippen molar-refractivity contribution in [1.29, 1.82) is 0 Å². The number of esters is 1. The number of nitrogens with one attached hydrogen (secondary N) is 1. The summed E-state index contributed by atoms with van der Waals surface area (Å²) in [5.74, 6) is -2.28. The van der Waals surface area contributed by atoms with Crippen LogP contribution in [0.5, 0.6) is 0 Å². The first-order valence-corrected chi connectivity index (χ1v) is 10.8. The van der Waals surface area contributed by atoms with Crippen LogP contribution in [0.3, 0.4) is 0 Å². The van der Waals surface area contributed by atoms with E-state index in [0.717, 1.165) is 4.88 Å². The largest absolute Gasteiger partial charge is 0.481 e. The third-order valence-electron chi connectivity index (χ3n) is 4.79. The van der Waals surface area contributed by atoms with Gasteiger partial charge in [-0.15, -0.1) is 23.1 Å². The summed E-state index contributed by atoms with van der Waals surface area (Å²) >= 11 is 2.76. The van der Waals surface area contributed by atoms with Gasteiger partial charge in [0, 0.05) is 17.2 Å². The molecule has 0 spiro atoms. The maximum Gasteiger partial charge on any atom is 0.315 e. The summed E-state index contributed by atoms with van der Waals surface area (Å²) < 4.78 is 5.16. The van der Waals surface area contributed by atoms with Crippen LogP contribution in [0.25, 0.3) is 0 Å². The lowest BCUT2D eigenvalue weighted by molar-refractivity contribution is -0.166. The van der Waals surface area contributed by atoms with E-state index in [1.54, 1.807) is 13.8 Å². The number of ether oxygens (including phenoxy) is 1. The molecule has 0 bridgehead atoms. The smallest absolute Gasteiger partial charge is 0.315 e. The average molecular weight is 427 g/mol. The Morgan fingerprint density at radius 1 is 1.43 bits per heavy atom. The number of β-lactam (4-membered cyclic amide) rings is 1. The van der Waals surface area contributed by atoms with Crippen LogP contribution in [0.1, 0.15) is 18.7 Å². The van der Waals surface area contributed by atoms with Gasteiger partial charge in [0.2, 0.25) is 11.8 Å². The summed E-state index contributed by atoms with van der Waals surface area (Å²) in [6.45, 7) is 3.02. The van der Waals surface area contributed by atoms with Crippen molar-refractivity contribution in [1.82, 2.24) is 10.2 Å². The molecule has 2 saturated heterocycles. The number of nitrogens with zero attached hydrogens (tertiary/aromatic N) is 1. The fraction of sp³-hybridized carbons (Fsp3) is 0.556. The molecule has 8 nitrogen and oxygen atoms in total. The third kappa shape index (κ3) is 4.02. The molecule has 2 unspecified atom stereocenters. The van der Waals surface area contributed by atoms with Crippen LogP contribution in [0, 0.1) is 11.3 Å². The quantitative estimate of drug-likeness (QED) is 0.493. The van der Waals surface area contributed by atoms with Crippen molar-refractivity contribution in [3.05, 3.63) is 22.4 Å². The lowest BCUT2D eigenvalue weighted by Crippen LogP contribution is -2.74. The normalized spacial score (nSPS) is 26.4. The number of thiophene rings is 1. The molecule has 1 aromatic rings. The first-order valence-electron chi connectivity index (χ1n) is 8.87. The Morgan fingerprint density at radius 3 is 2.79 bits per heavy atom. The van der Waals surface area contributed by atoms with E-state index in [1.165, 1.54) is 28.0 Å². The molecule has 152 valence electrons. The Labute approximate surface area is 170 Å². The number of hydrogen-bond acceptors (Lipinski definition) is 7. The molecule has 0 aliphatic carbocycles. The van der Waals surface area contributed by atoms with Gasteiger partial charge < -0.3 is 20.1 Å². The van der Waals surface area contributed by atoms with Crippen molar-refractivity contribution in [2.45, 2.75) is 31.7 Å². The highest BCUT2D eigenvalue weighted by molar-refractivity contribution is 8.00. The van der Waals surface area contributed by atoms with Crippen LogP contribution in [0.15, 0.2) is 17.5 Å². The Morgan fingerprint density at radius 2 is 2.18 bits per heavy atom. The molecule has 2 fully saturated rings. The Hall–Kier alpha value is -2.07. The molecule has 2 aliphatic rings. The third-order valence-corrected chi connectivity index (χ3v) is 7.26. The first kappa shape index (κ1) is 20.7. The van der Waals surface area contributed by atoms with Gasteiger partial charge in [0.1, 0.15) is 23.4 Å². The summed E-state index contributed by atoms with van der Waals surface area (Å²) in [5.41, 5.74) is -1.34. The number of carboxylic acid groups (broad SMARTS) is 1. The van der Waals surface area contributed by atoms with E-state index >= 15 is 0 Å². The van der Waals surface area contributed by atoms with Crippen molar-refractivity contribution < 1.29 is 29.0 Å². The van der Waals surface area contributed by atoms with E-state index in [9.17, 15) is 24.3 Å². The van der Waals surface area contributed by atoms with Crippen molar-refractivity contribution in [2.75, 3.05) is 18.9 Å². The molecule has 2 N–H and O–H groups in total. The Kier molecular flexibility index (Phi) is 5.99. The Balaban J connectivity index is 1.59. The minimum absolute atomic E-state index is 0.0402. The van der Waals surface area contributed by atoms with Crippen LogP contribution in [0.2, 0.25) is 0 Å². The van der Waals surface area contributed by atoms with Gasteiger partial charge in [-0.25, -0.2) is 0 Å². The minimum atomic E-state index is -1.34. The molecule has 0 aromatic carbocycles. The number of thioether (sulfide) groups is 1. The van der Waals surface area contributed by atoms with Gasteiger partial charge in [-0.3, -0.25) is 19.2 Å². The second kappa shape index (κ2) is 8.12. The molecular weight excluding hydrogens is 404 g/mol. The van der Waals surface area contributed by atoms with Crippen LogP contribution in [-0.4, -0.2) is 64.1 Å². The van der Waals surface area contributed by atoms with Gasteiger partial charge in [-0.05, 0) is 11.4 Å². The number of aliphatic carboxylic acids is 1. The predicted octanol–water partition coefficient (Wildman–Crippen LogP) is 0.961. The van der Waals surface area contributed by atoms with Gasteiger partial charge in [-0.2, -0.15) is 0 Å². The summed E-state index contributed by atoms with van der Waals surface area (Å²) in [6, 6.07) is 3.06. The van der Waals surface area contributed by atoms with E-state index in [0.29, 0.717) is 0 Å². The molecule has 3 heterocycles. The first-order chi connectivity index (χ1) is 13.2. The number of amides is 2. The van der Waals surface area contributed by atoms with Gasteiger partial charge in [0.05, 0.1) is 12.3 Å². The van der Waals surface area contributed by atoms with Gasteiger partial charge in [-0.1, -0.05) is 19.9 Å². The second-order valence-electron chi connectivity index (χ2n) is 7.32. The molecule has 10 heteroatoms. The Bertz CT molecular complexity index is 781. The second-order valence-corrected chi connectivity index (χ2v) is 9.45. The molecule has 28 heavy (non-hydrogen) atoms. The molecule has 2 aliphatic heterocycles. The summed E-state index contributed by atoms with van der Waals surface area (Å²) in [4.78, 5) is 50.6. The summed E-state index contributed by atoms with van der Waals surface area (Å²) in [6.07, 6.45) is 0.211. The lowest BCUT2D eigenvalue weighted by atomic mass is 9.88. The number of hydrogen-bond donors (Lipinski definition) is 2. The maximum absolute atomic E-state index is 12.5. The SMILES string of the molecule is CC(C)C(=O)OCC1(C(=O)O)CS[C@@H]2C(NC(=O)Cc3cccs3)C(=O)N2C1. The molecule has 0 saturated carbocycles. The molecule has 3 atom stereocenters. The van der Waals surface area contributed by atoms with Crippen LogP contribution in [-0.2, 0) is 30.3 Å². The minimum Gasteiger partial charge on any atom is -0.481 e. The molecule has 3 rings (SSSR count). The van der Waals surface area contributed by atoms with Crippen LogP contribution in [0.4, 0.5) is 0 Å². The topological polar surface area (TPSA) is 113 Å². The van der Waals surface area contributed by atoms with Crippen molar-refractivity contribution in [2.24, 2.45) is 11.3 Å². The van der Waals surface area contributed by atoms with Crippen LogP contribution < -0.4 is 5.32 Å². The highest BCUT2D eigenvalue weighted by Gasteiger charge is 2.58. The summed E-state index contributed by atoms with van der Waals surface area (Å²) in [7, 11) is 0. The van der Waals surface area contributed by atoms with Gasteiger partial charge >= 0.3 is 11.9 Å². The standard InChI is InChI=1S/C18H22N2O6S2/c1-10(2)16(23)26-8-18(17(24)25)7-20-14(22)13(15(20)28-9-18)19-12(21)6-11-4-3-5-27-11/h3-5,10,13,15H,6-9H2,1-2H3,(H,19,21)(H,24,25)/t13?,15-,18?/m1/s1. The van der Waals surface area contributed by atoms with Crippen molar-refractivity contribution in [3.63, 3.8) is 0 Å². The van der Waals surface area contributed by atoms with E-state index in [4.69, 9.17) is 4.74 Å². The van der Waals surface area contributed by atoms with Crippen molar-refractivity contribution in [3.8, 4) is 0 Å². The van der Waals surface area contributed by atoms with Crippen LogP contribution >= 0.6 is 23.1 Å². The zero-order valence-corrected chi connectivity index (χ0v) is 17.2. The maximum atomic E-state index is 12.5. The monoisotopic (exact) mass is 426 g/mol. The number of carbonyl (C=O) groups excluding carboxylic acids is 3. The fourth-order valence-electron chi connectivity index (χ4n) is 3.08. The number of fused-ring (bicyclic) bond motifs is 1. The number of carboxylic acids is 1. The predicted molar refractivity (Wildman–Crippen MR) is 104 cm³/mol. The highest BCUT2D eigenvalue weighted by Crippen LogP contribution is 2.42. The van der Waals surface area contributed by atoms with Crippen molar-refractivity contribution >= 4 is 46.9 Å². The summed E-state index contributed by atoms with van der Waals surface area (Å²) in [5, 5.41) is 14.0. The van der Waals surface area contributed by atoms with Gasteiger partial charge in [0.15, 0.2) is 0 Å². The number of carbonyl (C=O) groups is 4. The molecule has 1 aromatic heterocycles. The lowest BCUT2D eigenvalue weighted by Gasteiger charge is -2.53. The number of rotatable bonds is 7. The van der Waals surface area contributed by atoms with E-state index in [-0.39, 0.29) is 48.4 Å². The van der Waals surface area contributed by atoms with Gasteiger partial charge in [0.25, 0.3) is 0 Å². The van der Waals surface area contributed by atoms with E-state index in [1.807, 2.05) is 17.5 Å². The average Bonchev–Trinajstić information content (AvgIpc) is 3.16. The van der Waals surface area contributed by atoms with E-state index < -0.39 is 23.4 Å². The molecule has 2 amide bonds. The highest BCUT2D eigenvalue weighted by atomic mass is 32.2. The van der Waals surface area contributed by atoms with E-state index in [2.05, 4.69) is 5.32 Å². The molecular formula is C18H22N2O6S2.